The van der Waals surface area contributed by atoms with Gasteiger partial charge >= 0.3 is 0 Å². The highest BCUT2D eigenvalue weighted by Gasteiger charge is 2.27. The molecule has 2 heterocycles. The molecule has 0 saturated carbocycles. The lowest BCUT2D eigenvalue weighted by molar-refractivity contribution is 0.0951. The molecule has 1 amide bonds. The first-order valence-corrected chi connectivity index (χ1v) is 10.6. The second-order valence-electron chi connectivity index (χ2n) is 8.09. The first-order valence-electron chi connectivity index (χ1n) is 10.6. The average Bonchev–Trinajstić information content (AvgIpc) is 3.10. The Morgan fingerprint density at radius 3 is 2.48 bits per heavy atom. The van der Waals surface area contributed by atoms with Gasteiger partial charge in [-0.15, -0.1) is 0 Å². The van der Waals surface area contributed by atoms with Crippen molar-refractivity contribution in [1.82, 2.24) is 15.2 Å². The summed E-state index contributed by atoms with van der Waals surface area (Å²) in [6, 6.07) is 16.8. The van der Waals surface area contributed by atoms with E-state index in [1.54, 1.807) is 18.3 Å². The molecule has 6 nitrogen and oxygen atoms in total. The molecule has 0 atom stereocenters. The Balaban J connectivity index is 1.32. The zero-order valence-electron chi connectivity index (χ0n) is 17.5. The third kappa shape index (κ3) is 3.59. The van der Waals surface area contributed by atoms with Crippen LogP contribution in [-0.4, -0.2) is 54.8 Å². The van der Waals surface area contributed by atoms with Crippen LogP contribution in [0.1, 0.15) is 31.8 Å². The molecule has 1 aliphatic carbocycles. The molecule has 0 spiro atoms. The molecule has 0 unspecified atom stereocenters. The lowest BCUT2D eigenvalue weighted by Gasteiger charge is -2.34. The predicted molar refractivity (Wildman–Crippen MR) is 120 cm³/mol. The fraction of sp³-hybridized carbons (Fsp3) is 0.240. The van der Waals surface area contributed by atoms with Crippen molar-refractivity contribution in [3.63, 3.8) is 0 Å². The van der Waals surface area contributed by atoms with Crippen LogP contribution in [0.15, 0.2) is 60.8 Å². The normalized spacial score (nSPS) is 15.5. The largest absolute Gasteiger partial charge is 0.354 e. The number of anilines is 1. The molecule has 1 N–H and O–H groups in total. The molecular weight excluding hydrogens is 388 g/mol. The number of nitrogens with one attached hydrogen (secondary N) is 1. The Morgan fingerprint density at radius 2 is 1.68 bits per heavy atom. The Labute approximate surface area is 181 Å². The van der Waals surface area contributed by atoms with Crippen LogP contribution in [0.3, 0.4) is 0 Å². The number of pyridine rings is 1. The summed E-state index contributed by atoms with van der Waals surface area (Å²) in [5.41, 5.74) is 4.59. The molecule has 2 aliphatic rings. The minimum atomic E-state index is -0.195. The maximum absolute atomic E-state index is 12.9. The van der Waals surface area contributed by atoms with E-state index in [1.165, 1.54) is 0 Å². The lowest BCUT2D eigenvalue weighted by atomic mass is 10.0. The van der Waals surface area contributed by atoms with Crippen LogP contribution in [0.4, 0.5) is 5.82 Å². The summed E-state index contributed by atoms with van der Waals surface area (Å²) in [6.07, 6.45) is 1.79. The van der Waals surface area contributed by atoms with Crippen LogP contribution in [0.2, 0.25) is 0 Å². The zero-order chi connectivity index (χ0) is 21.4. The number of rotatable bonds is 4. The number of amides is 1. The van der Waals surface area contributed by atoms with Crippen molar-refractivity contribution in [3.05, 3.63) is 83.0 Å². The number of ketones is 1. The van der Waals surface area contributed by atoms with E-state index in [-0.39, 0.29) is 11.7 Å². The van der Waals surface area contributed by atoms with Crippen molar-refractivity contribution in [3.8, 4) is 11.1 Å². The first-order chi connectivity index (χ1) is 15.1. The summed E-state index contributed by atoms with van der Waals surface area (Å²) < 4.78 is 0. The summed E-state index contributed by atoms with van der Waals surface area (Å²) in [5.74, 6) is 0.708. The monoisotopic (exact) mass is 412 g/mol. The van der Waals surface area contributed by atoms with Crippen LogP contribution in [0, 0.1) is 0 Å². The fourth-order valence-electron chi connectivity index (χ4n) is 4.32. The van der Waals surface area contributed by atoms with Crippen molar-refractivity contribution >= 4 is 17.5 Å². The van der Waals surface area contributed by atoms with Gasteiger partial charge in [-0.1, -0.05) is 36.4 Å². The van der Waals surface area contributed by atoms with Crippen LogP contribution in [-0.2, 0) is 6.54 Å². The van der Waals surface area contributed by atoms with E-state index in [2.05, 4.69) is 27.1 Å². The van der Waals surface area contributed by atoms with Crippen LogP contribution in [0.25, 0.3) is 11.1 Å². The predicted octanol–water partition coefficient (Wildman–Crippen LogP) is 2.97. The number of likely N-dealkylation sites (N-methyl/N-ethyl adjacent to an activating group) is 1. The Bertz CT molecular complexity index is 1170. The van der Waals surface area contributed by atoms with Gasteiger partial charge < -0.3 is 15.1 Å². The standard InChI is InChI=1S/C25H24N4O2/c1-28-11-13-29(14-12-28)24-18(5-4-10-26-24)16-27-25(31)17-8-9-20-19-6-2-3-7-21(19)23(30)22(20)15-17/h2-10,15H,11-14,16H2,1H3,(H,27,31). The molecular formula is C25H24N4O2. The van der Waals surface area contributed by atoms with Crippen LogP contribution >= 0.6 is 0 Å². The van der Waals surface area contributed by atoms with Gasteiger partial charge in [-0.3, -0.25) is 9.59 Å². The molecule has 1 aromatic heterocycles. The lowest BCUT2D eigenvalue weighted by Crippen LogP contribution is -2.45. The minimum absolute atomic E-state index is 0.0233. The van der Waals surface area contributed by atoms with Gasteiger partial charge in [0.2, 0.25) is 0 Å². The minimum Gasteiger partial charge on any atom is -0.354 e. The van der Waals surface area contributed by atoms with Gasteiger partial charge in [0.25, 0.3) is 5.91 Å². The van der Waals surface area contributed by atoms with Gasteiger partial charge in [-0.05, 0) is 36.4 Å². The van der Waals surface area contributed by atoms with Gasteiger partial charge in [0.1, 0.15) is 5.82 Å². The van der Waals surface area contributed by atoms with Gasteiger partial charge in [0.05, 0.1) is 0 Å². The van der Waals surface area contributed by atoms with Crippen molar-refractivity contribution in [1.29, 1.82) is 0 Å². The van der Waals surface area contributed by atoms with Crippen molar-refractivity contribution in [2.45, 2.75) is 6.54 Å². The maximum atomic E-state index is 12.9. The van der Waals surface area contributed by atoms with Crippen molar-refractivity contribution in [2.24, 2.45) is 0 Å². The Kier molecular flexibility index (Phi) is 5.00. The van der Waals surface area contributed by atoms with Crippen LogP contribution in [0.5, 0.6) is 0 Å². The summed E-state index contributed by atoms with van der Waals surface area (Å²) in [5, 5.41) is 3.00. The fourth-order valence-corrected chi connectivity index (χ4v) is 4.32. The quantitative estimate of drug-likeness (QED) is 0.558. The summed E-state index contributed by atoms with van der Waals surface area (Å²) >= 11 is 0. The Hall–Kier alpha value is -3.51. The van der Waals surface area contributed by atoms with Gasteiger partial charge in [0, 0.05) is 61.2 Å². The number of fused-ring (bicyclic) bond motifs is 3. The number of piperazine rings is 1. The van der Waals surface area contributed by atoms with E-state index in [0.29, 0.717) is 23.2 Å². The highest BCUT2D eigenvalue weighted by Crippen LogP contribution is 2.36. The van der Waals surface area contributed by atoms with Gasteiger partial charge in [-0.2, -0.15) is 0 Å². The molecule has 1 aliphatic heterocycles. The van der Waals surface area contributed by atoms with Gasteiger partial charge in [0.15, 0.2) is 5.78 Å². The summed E-state index contributed by atoms with van der Waals surface area (Å²) in [7, 11) is 2.12. The molecule has 0 radical (unpaired) electrons. The molecule has 5 rings (SSSR count). The highest BCUT2D eigenvalue weighted by atomic mass is 16.1. The van der Waals surface area contributed by atoms with Gasteiger partial charge in [-0.25, -0.2) is 4.98 Å². The molecule has 2 aromatic carbocycles. The van der Waals surface area contributed by atoms with E-state index < -0.39 is 0 Å². The number of carbonyl (C=O) groups is 2. The molecule has 156 valence electrons. The molecule has 6 heteroatoms. The third-order valence-corrected chi connectivity index (χ3v) is 6.10. The smallest absolute Gasteiger partial charge is 0.251 e. The van der Waals surface area contributed by atoms with E-state index in [4.69, 9.17) is 0 Å². The Morgan fingerprint density at radius 1 is 0.935 bits per heavy atom. The van der Waals surface area contributed by atoms with Crippen molar-refractivity contribution < 1.29 is 9.59 Å². The number of hydrogen-bond acceptors (Lipinski definition) is 5. The summed E-state index contributed by atoms with van der Waals surface area (Å²) in [6.45, 7) is 4.21. The average molecular weight is 412 g/mol. The summed E-state index contributed by atoms with van der Waals surface area (Å²) in [4.78, 5) is 34.7. The van der Waals surface area contributed by atoms with E-state index in [1.807, 2.05) is 42.5 Å². The number of carbonyl (C=O) groups excluding carboxylic acids is 2. The molecule has 1 saturated heterocycles. The molecule has 0 bridgehead atoms. The van der Waals surface area contributed by atoms with Crippen LogP contribution < -0.4 is 10.2 Å². The maximum Gasteiger partial charge on any atom is 0.251 e. The first kappa shape index (κ1) is 19.5. The number of nitrogens with zero attached hydrogens (tertiary/aromatic N) is 3. The van der Waals surface area contributed by atoms with Crippen molar-refractivity contribution in [2.75, 3.05) is 38.1 Å². The van der Waals surface area contributed by atoms with E-state index >= 15 is 0 Å². The van der Waals surface area contributed by atoms with E-state index in [0.717, 1.165) is 48.7 Å². The highest BCUT2D eigenvalue weighted by molar-refractivity contribution is 6.22. The molecule has 31 heavy (non-hydrogen) atoms. The topological polar surface area (TPSA) is 65.5 Å². The number of benzene rings is 2. The molecule has 1 fully saturated rings. The third-order valence-electron chi connectivity index (χ3n) is 6.10. The SMILES string of the molecule is CN1CCN(c2ncccc2CNC(=O)c2ccc3c(c2)C(=O)c2ccccc2-3)CC1. The second kappa shape index (κ2) is 7.96. The number of hydrogen-bond donors (Lipinski definition) is 1. The molecule has 3 aromatic rings. The van der Waals surface area contributed by atoms with E-state index in [9.17, 15) is 9.59 Å². The zero-order valence-corrected chi connectivity index (χ0v) is 17.5. The number of aromatic nitrogens is 1. The second-order valence-corrected chi connectivity index (χ2v) is 8.09.